The highest BCUT2D eigenvalue weighted by molar-refractivity contribution is 9.10. The Morgan fingerprint density at radius 3 is 2.08 bits per heavy atom. The molecule has 0 unspecified atom stereocenters. The van der Waals surface area contributed by atoms with Gasteiger partial charge in [-0.05, 0) is 52.6 Å². The van der Waals surface area contributed by atoms with E-state index in [1.807, 2.05) is 0 Å². The van der Waals surface area contributed by atoms with E-state index in [0.717, 1.165) is 24.2 Å². The van der Waals surface area contributed by atoms with Crippen LogP contribution in [-0.4, -0.2) is 6.67 Å². The van der Waals surface area contributed by atoms with Gasteiger partial charge in [0.2, 0.25) is 0 Å². The van der Waals surface area contributed by atoms with E-state index in [1.165, 1.54) is 33.6 Å². The number of hydrogen-bond acceptors (Lipinski definition) is 2. The molecule has 0 spiro atoms. The molecule has 24 heavy (non-hydrogen) atoms. The molecule has 2 aliphatic rings. The van der Waals surface area contributed by atoms with Gasteiger partial charge >= 0.3 is 0 Å². The zero-order valence-corrected chi connectivity index (χ0v) is 14.8. The standard InChI is InChI=1S/C21H17BrN2/c22-19-7-9-21-18(11-19)13-24-14-23(21)12-17-10-16(6-8-20(17)24)15-4-2-1-3-5-15/h1-11H,12-14H2. The van der Waals surface area contributed by atoms with Crippen LogP contribution in [0.2, 0.25) is 0 Å². The lowest BCUT2D eigenvalue weighted by atomic mass is 9.97. The van der Waals surface area contributed by atoms with E-state index >= 15 is 0 Å². The Morgan fingerprint density at radius 2 is 1.33 bits per heavy atom. The molecule has 3 aromatic carbocycles. The molecule has 5 rings (SSSR count). The highest BCUT2D eigenvalue weighted by Gasteiger charge is 2.29. The van der Waals surface area contributed by atoms with Gasteiger partial charge in [-0.15, -0.1) is 0 Å². The second kappa shape index (κ2) is 5.38. The van der Waals surface area contributed by atoms with Crippen LogP contribution in [0.15, 0.2) is 71.2 Å². The van der Waals surface area contributed by atoms with Crippen LogP contribution in [0.1, 0.15) is 11.1 Å². The van der Waals surface area contributed by atoms with Crippen LogP contribution in [0.25, 0.3) is 11.1 Å². The highest BCUT2D eigenvalue weighted by atomic mass is 79.9. The maximum Gasteiger partial charge on any atom is 0.0910 e. The second-order valence-corrected chi connectivity index (χ2v) is 7.44. The minimum Gasteiger partial charge on any atom is -0.349 e. The molecule has 2 heterocycles. The van der Waals surface area contributed by atoms with Gasteiger partial charge in [-0.3, -0.25) is 0 Å². The van der Waals surface area contributed by atoms with Crippen LogP contribution in [0.5, 0.6) is 0 Å². The van der Waals surface area contributed by atoms with E-state index in [2.05, 4.69) is 92.5 Å². The summed E-state index contributed by atoms with van der Waals surface area (Å²) in [5.41, 5.74) is 8.13. The lowest BCUT2D eigenvalue weighted by molar-refractivity contribution is 0.651. The van der Waals surface area contributed by atoms with Gasteiger partial charge in [0.1, 0.15) is 0 Å². The van der Waals surface area contributed by atoms with E-state index in [-0.39, 0.29) is 0 Å². The summed E-state index contributed by atoms with van der Waals surface area (Å²) in [5.74, 6) is 0. The molecule has 3 heteroatoms. The van der Waals surface area contributed by atoms with Crippen molar-refractivity contribution in [3.63, 3.8) is 0 Å². The van der Waals surface area contributed by atoms with Gasteiger partial charge < -0.3 is 9.80 Å². The van der Waals surface area contributed by atoms with Gasteiger partial charge in [0.05, 0.1) is 6.67 Å². The molecule has 0 fully saturated rings. The fourth-order valence-corrected chi connectivity index (χ4v) is 4.27. The van der Waals surface area contributed by atoms with Crippen LogP contribution in [-0.2, 0) is 13.1 Å². The Hall–Kier alpha value is -2.26. The molecule has 0 radical (unpaired) electrons. The van der Waals surface area contributed by atoms with Gasteiger partial charge in [0.15, 0.2) is 0 Å². The molecule has 2 bridgehead atoms. The summed E-state index contributed by atoms with van der Waals surface area (Å²) in [6.45, 7) is 2.93. The van der Waals surface area contributed by atoms with E-state index < -0.39 is 0 Å². The number of benzene rings is 3. The maximum atomic E-state index is 3.60. The molecular formula is C21H17BrN2. The molecule has 0 aliphatic carbocycles. The van der Waals surface area contributed by atoms with Crippen molar-refractivity contribution in [3.8, 4) is 11.1 Å². The number of fused-ring (bicyclic) bond motifs is 6. The van der Waals surface area contributed by atoms with Crippen molar-refractivity contribution < 1.29 is 0 Å². The Balaban J connectivity index is 1.57. The Kier molecular flexibility index (Phi) is 3.17. The summed E-state index contributed by atoms with van der Waals surface area (Å²) in [7, 11) is 0. The van der Waals surface area contributed by atoms with Crippen LogP contribution in [0.3, 0.4) is 0 Å². The normalized spacial score (nSPS) is 15.0. The molecule has 3 aromatic rings. The molecule has 0 amide bonds. The van der Waals surface area contributed by atoms with Crippen molar-refractivity contribution in [2.45, 2.75) is 13.1 Å². The third-order valence-electron chi connectivity index (χ3n) is 4.97. The van der Waals surface area contributed by atoms with Gasteiger partial charge in [-0.2, -0.15) is 0 Å². The molecule has 0 atom stereocenters. The van der Waals surface area contributed by atoms with E-state index in [4.69, 9.17) is 0 Å². The monoisotopic (exact) mass is 376 g/mol. The number of hydrogen-bond donors (Lipinski definition) is 0. The predicted molar refractivity (Wildman–Crippen MR) is 103 cm³/mol. The van der Waals surface area contributed by atoms with Crippen molar-refractivity contribution >= 4 is 27.3 Å². The minimum absolute atomic E-state index is 0.973. The zero-order valence-electron chi connectivity index (χ0n) is 13.2. The first-order valence-electron chi connectivity index (χ1n) is 8.24. The fraction of sp³-hybridized carbons (Fsp3) is 0.143. The maximum absolute atomic E-state index is 3.60. The summed E-state index contributed by atoms with van der Waals surface area (Å²) < 4.78 is 1.16. The van der Waals surface area contributed by atoms with Crippen molar-refractivity contribution in [1.82, 2.24) is 0 Å². The van der Waals surface area contributed by atoms with Crippen LogP contribution >= 0.6 is 15.9 Å². The van der Waals surface area contributed by atoms with E-state index in [1.54, 1.807) is 0 Å². The molecule has 0 saturated carbocycles. The van der Waals surface area contributed by atoms with Crippen LogP contribution < -0.4 is 9.80 Å². The van der Waals surface area contributed by atoms with E-state index in [0.29, 0.717) is 0 Å². The number of anilines is 2. The highest BCUT2D eigenvalue weighted by Crippen LogP contribution is 2.40. The SMILES string of the molecule is Brc1ccc2c(c1)CN1CN2Cc2cc(-c3ccccc3)ccc21. The van der Waals surface area contributed by atoms with Crippen molar-refractivity contribution in [2.24, 2.45) is 0 Å². The molecular weight excluding hydrogens is 360 g/mol. The first kappa shape index (κ1) is 14.1. The van der Waals surface area contributed by atoms with E-state index in [9.17, 15) is 0 Å². The van der Waals surface area contributed by atoms with Crippen molar-refractivity contribution in [1.29, 1.82) is 0 Å². The van der Waals surface area contributed by atoms with Crippen LogP contribution in [0, 0.1) is 0 Å². The summed E-state index contributed by atoms with van der Waals surface area (Å²) in [6.07, 6.45) is 0. The summed E-state index contributed by atoms with van der Waals surface area (Å²) in [4.78, 5) is 4.95. The fourth-order valence-electron chi connectivity index (χ4n) is 3.86. The summed E-state index contributed by atoms with van der Waals surface area (Å²) in [6, 6.07) is 24.2. The third-order valence-corrected chi connectivity index (χ3v) is 5.47. The number of nitrogens with zero attached hydrogens (tertiary/aromatic N) is 2. The third kappa shape index (κ3) is 2.23. The first-order valence-corrected chi connectivity index (χ1v) is 9.04. The topological polar surface area (TPSA) is 6.48 Å². The molecule has 0 aromatic heterocycles. The molecule has 2 aliphatic heterocycles. The first-order chi connectivity index (χ1) is 11.8. The molecule has 2 nitrogen and oxygen atoms in total. The second-order valence-electron chi connectivity index (χ2n) is 6.52. The Labute approximate surface area is 150 Å². The van der Waals surface area contributed by atoms with Gasteiger partial charge in [-0.25, -0.2) is 0 Å². The summed E-state index contributed by atoms with van der Waals surface area (Å²) >= 11 is 3.60. The minimum atomic E-state index is 0.973. The number of rotatable bonds is 1. The number of halogens is 1. The largest absolute Gasteiger partial charge is 0.349 e. The Bertz CT molecular complexity index is 920. The van der Waals surface area contributed by atoms with Gasteiger partial charge in [0.25, 0.3) is 0 Å². The smallest absolute Gasteiger partial charge is 0.0910 e. The Morgan fingerprint density at radius 1 is 0.667 bits per heavy atom. The predicted octanol–water partition coefficient (Wildman–Crippen LogP) is 5.41. The molecule has 0 N–H and O–H groups in total. The lowest BCUT2D eigenvalue weighted by Crippen LogP contribution is -2.46. The van der Waals surface area contributed by atoms with Gasteiger partial charge in [0, 0.05) is 28.9 Å². The quantitative estimate of drug-likeness (QED) is 0.559. The van der Waals surface area contributed by atoms with Crippen molar-refractivity contribution in [3.05, 3.63) is 82.3 Å². The van der Waals surface area contributed by atoms with Gasteiger partial charge in [-0.1, -0.05) is 52.3 Å². The lowest BCUT2D eigenvalue weighted by Gasteiger charge is -2.45. The van der Waals surface area contributed by atoms with Crippen molar-refractivity contribution in [2.75, 3.05) is 16.5 Å². The molecule has 0 saturated heterocycles. The summed E-state index contributed by atoms with van der Waals surface area (Å²) in [5, 5.41) is 0. The molecule has 118 valence electrons. The average molecular weight is 377 g/mol. The average Bonchev–Trinajstić information content (AvgIpc) is 2.62. The van der Waals surface area contributed by atoms with Crippen LogP contribution in [0.4, 0.5) is 11.4 Å². The zero-order chi connectivity index (χ0) is 16.1.